The number of halogens is 1. The Labute approximate surface area is 181 Å². The van der Waals surface area contributed by atoms with Crippen molar-refractivity contribution in [2.24, 2.45) is 4.99 Å². The topological polar surface area (TPSA) is 51.2 Å². The van der Waals surface area contributed by atoms with E-state index >= 15 is 0 Å². The number of amides is 1. The molecule has 3 aliphatic rings. The van der Waals surface area contributed by atoms with Crippen LogP contribution < -0.4 is 5.32 Å². The highest BCUT2D eigenvalue weighted by Gasteiger charge is 2.30. The van der Waals surface area contributed by atoms with Gasteiger partial charge in [0.05, 0.1) is 6.04 Å². The standard InChI is InChI=1S/C20H35N5O.HI/c1-17(19(26)24-11-5-6-12-24)23-13-15-25(16-14-23)20(21-2)22-10-9-18-7-3-4-8-18;/h7,17H,3-6,8-16H2,1-2H3,(H,21,22);1H. The SMILES string of the molecule is CN=C(NCCC1=CCCC1)N1CCN(C(C)C(=O)N2CCCC2)CC1.I. The number of nitrogens with zero attached hydrogens (tertiary/aromatic N) is 4. The summed E-state index contributed by atoms with van der Waals surface area (Å²) in [6.45, 7) is 8.62. The van der Waals surface area contributed by atoms with Crippen LogP contribution in [0.3, 0.4) is 0 Å². The van der Waals surface area contributed by atoms with Gasteiger partial charge in [0.1, 0.15) is 0 Å². The molecule has 0 saturated carbocycles. The van der Waals surface area contributed by atoms with Gasteiger partial charge in [-0.25, -0.2) is 0 Å². The van der Waals surface area contributed by atoms with Crippen molar-refractivity contribution in [1.82, 2.24) is 20.0 Å². The lowest BCUT2D eigenvalue weighted by Crippen LogP contribution is -2.57. The summed E-state index contributed by atoms with van der Waals surface area (Å²) in [7, 11) is 1.86. The Bertz CT molecular complexity index is 536. The summed E-state index contributed by atoms with van der Waals surface area (Å²) >= 11 is 0. The van der Waals surface area contributed by atoms with E-state index < -0.39 is 0 Å². The van der Waals surface area contributed by atoms with Gasteiger partial charge in [-0.2, -0.15) is 0 Å². The smallest absolute Gasteiger partial charge is 0.239 e. The van der Waals surface area contributed by atoms with Crippen LogP contribution in [-0.4, -0.2) is 85.5 Å². The molecule has 154 valence electrons. The average molecular weight is 489 g/mol. The molecule has 27 heavy (non-hydrogen) atoms. The fourth-order valence-electron chi connectivity index (χ4n) is 4.31. The molecule has 2 fully saturated rings. The second-order valence-electron chi connectivity index (χ2n) is 7.71. The lowest BCUT2D eigenvalue weighted by molar-refractivity contribution is -0.135. The van der Waals surface area contributed by atoms with Crippen molar-refractivity contribution < 1.29 is 4.79 Å². The van der Waals surface area contributed by atoms with Gasteiger partial charge in [0.2, 0.25) is 5.91 Å². The molecular weight excluding hydrogens is 453 g/mol. The summed E-state index contributed by atoms with van der Waals surface area (Å²) in [5, 5.41) is 3.52. The molecular formula is C20H36IN5O. The Balaban J connectivity index is 0.00000261. The van der Waals surface area contributed by atoms with Gasteiger partial charge in [-0.1, -0.05) is 11.6 Å². The molecule has 0 spiro atoms. The van der Waals surface area contributed by atoms with Crippen molar-refractivity contribution in [3.8, 4) is 0 Å². The molecule has 1 aliphatic carbocycles. The van der Waals surface area contributed by atoms with Crippen LogP contribution in [0.25, 0.3) is 0 Å². The number of likely N-dealkylation sites (tertiary alicyclic amines) is 1. The predicted octanol–water partition coefficient (Wildman–Crippen LogP) is 2.31. The molecule has 2 saturated heterocycles. The molecule has 1 N–H and O–H groups in total. The van der Waals surface area contributed by atoms with Crippen LogP contribution in [0.5, 0.6) is 0 Å². The molecule has 6 nitrogen and oxygen atoms in total. The van der Waals surface area contributed by atoms with E-state index in [0.29, 0.717) is 5.91 Å². The van der Waals surface area contributed by atoms with E-state index in [2.05, 4.69) is 33.1 Å². The van der Waals surface area contributed by atoms with E-state index in [1.54, 1.807) is 5.57 Å². The number of rotatable bonds is 5. The zero-order chi connectivity index (χ0) is 18.4. The lowest BCUT2D eigenvalue weighted by Gasteiger charge is -2.39. The maximum absolute atomic E-state index is 12.6. The maximum atomic E-state index is 12.6. The second-order valence-corrected chi connectivity index (χ2v) is 7.71. The highest BCUT2D eigenvalue weighted by molar-refractivity contribution is 14.0. The first kappa shape index (κ1) is 22.5. The summed E-state index contributed by atoms with van der Waals surface area (Å²) in [6, 6.07) is -0.000437. The van der Waals surface area contributed by atoms with Crippen LogP contribution in [0.15, 0.2) is 16.6 Å². The third-order valence-corrected chi connectivity index (χ3v) is 6.01. The monoisotopic (exact) mass is 489 g/mol. The minimum atomic E-state index is -0.000437. The van der Waals surface area contributed by atoms with Crippen LogP contribution in [-0.2, 0) is 4.79 Å². The summed E-state index contributed by atoms with van der Waals surface area (Å²) < 4.78 is 0. The quantitative estimate of drug-likeness (QED) is 0.279. The van der Waals surface area contributed by atoms with Crippen molar-refractivity contribution in [2.45, 2.75) is 51.5 Å². The summed E-state index contributed by atoms with van der Waals surface area (Å²) in [6.07, 6.45) is 9.67. The average Bonchev–Trinajstić information content (AvgIpc) is 3.38. The van der Waals surface area contributed by atoms with Crippen LogP contribution >= 0.6 is 24.0 Å². The van der Waals surface area contributed by atoms with E-state index in [0.717, 1.165) is 71.0 Å². The number of carbonyl (C=O) groups is 1. The molecule has 1 atom stereocenters. The molecule has 3 rings (SSSR count). The van der Waals surface area contributed by atoms with Gasteiger partial charge in [0, 0.05) is 52.9 Å². The van der Waals surface area contributed by atoms with Crippen LogP contribution in [0.1, 0.15) is 45.4 Å². The van der Waals surface area contributed by atoms with Gasteiger partial charge in [0.15, 0.2) is 5.96 Å². The number of allylic oxidation sites excluding steroid dienone is 1. The van der Waals surface area contributed by atoms with E-state index in [1.165, 1.54) is 19.3 Å². The number of guanidine groups is 1. The van der Waals surface area contributed by atoms with Crippen molar-refractivity contribution in [2.75, 3.05) is 52.9 Å². The minimum absolute atomic E-state index is 0. The first-order valence-electron chi connectivity index (χ1n) is 10.4. The van der Waals surface area contributed by atoms with Gasteiger partial charge in [0.25, 0.3) is 0 Å². The van der Waals surface area contributed by atoms with E-state index in [4.69, 9.17) is 0 Å². The molecule has 7 heteroatoms. The highest BCUT2D eigenvalue weighted by atomic mass is 127. The first-order valence-corrected chi connectivity index (χ1v) is 10.4. The number of hydrogen-bond donors (Lipinski definition) is 1. The molecule has 0 bridgehead atoms. The lowest BCUT2D eigenvalue weighted by atomic mass is 10.2. The van der Waals surface area contributed by atoms with Gasteiger partial charge in [-0.05, 0) is 45.4 Å². The zero-order valence-electron chi connectivity index (χ0n) is 17.0. The summed E-state index contributed by atoms with van der Waals surface area (Å²) in [4.78, 5) is 23.8. The Kier molecular flexibility index (Phi) is 9.35. The van der Waals surface area contributed by atoms with Crippen molar-refractivity contribution in [3.05, 3.63) is 11.6 Å². The Morgan fingerprint density at radius 1 is 1.11 bits per heavy atom. The molecule has 2 heterocycles. The van der Waals surface area contributed by atoms with Crippen molar-refractivity contribution in [3.63, 3.8) is 0 Å². The number of piperazine rings is 1. The molecule has 0 aromatic carbocycles. The molecule has 1 amide bonds. The van der Waals surface area contributed by atoms with Crippen molar-refractivity contribution in [1.29, 1.82) is 0 Å². The van der Waals surface area contributed by atoms with Gasteiger partial charge in [-0.15, -0.1) is 24.0 Å². The molecule has 2 aliphatic heterocycles. The molecule has 0 aromatic heterocycles. The molecule has 0 aromatic rings. The Morgan fingerprint density at radius 2 is 1.81 bits per heavy atom. The summed E-state index contributed by atoms with van der Waals surface area (Å²) in [5.41, 5.74) is 1.59. The second kappa shape index (κ2) is 11.2. The van der Waals surface area contributed by atoms with Crippen LogP contribution in [0, 0.1) is 0 Å². The van der Waals surface area contributed by atoms with E-state index in [-0.39, 0.29) is 30.0 Å². The first-order chi connectivity index (χ1) is 12.7. The van der Waals surface area contributed by atoms with E-state index in [9.17, 15) is 4.79 Å². The van der Waals surface area contributed by atoms with Gasteiger partial charge in [-0.3, -0.25) is 14.7 Å². The third-order valence-electron chi connectivity index (χ3n) is 6.01. The van der Waals surface area contributed by atoms with Crippen LogP contribution in [0.2, 0.25) is 0 Å². The third kappa shape index (κ3) is 6.07. The Hall–Kier alpha value is -0.830. The maximum Gasteiger partial charge on any atom is 0.239 e. The Morgan fingerprint density at radius 3 is 2.41 bits per heavy atom. The largest absolute Gasteiger partial charge is 0.356 e. The van der Waals surface area contributed by atoms with E-state index in [1.807, 2.05) is 11.9 Å². The zero-order valence-corrected chi connectivity index (χ0v) is 19.3. The highest BCUT2D eigenvalue weighted by Crippen LogP contribution is 2.20. The van der Waals surface area contributed by atoms with Crippen molar-refractivity contribution >= 4 is 35.8 Å². The fourth-order valence-corrected chi connectivity index (χ4v) is 4.31. The number of hydrogen-bond acceptors (Lipinski definition) is 3. The number of aliphatic imine (C=N–C) groups is 1. The van der Waals surface area contributed by atoms with Crippen LogP contribution in [0.4, 0.5) is 0 Å². The normalized spacial score (nSPS) is 22.4. The van der Waals surface area contributed by atoms with Gasteiger partial charge < -0.3 is 15.1 Å². The van der Waals surface area contributed by atoms with Gasteiger partial charge >= 0.3 is 0 Å². The number of carbonyl (C=O) groups excluding carboxylic acids is 1. The molecule has 0 radical (unpaired) electrons. The fraction of sp³-hybridized carbons (Fsp3) is 0.800. The number of nitrogens with one attached hydrogen (secondary N) is 1. The summed E-state index contributed by atoms with van der Waals surface area (Å²) in [5.74, 6) is 1.31. The minimum Gasteiger partial charge on any atom is -0.356 e. The predicted molar refractivity (Wildman–Crippen MR) is 122 cm³/mol. The molecule has 1 unspecified atom stereocenters.